The fourth-order valence-corrected chi connectivity index (χ4v) is 2.37. The zero-order valence-electron chi connectivity index (χ0n) is 9.76. The molecule has 0 saturated carbocycles. The summed E-state index contributed by atoms with van der Waals surface area (Å²) in [5.74, 6) is 0. The van der Waals surface area contributed by atoms with Crippen molar-refractivity contribution in [3.05, 3.63) is 40.4 Å². The van der Waals surface area contributed by atoms with Crippen molar-refractivity contribution in [2.45, 2.75) is 13.0 Å². The Bertz CT molecular complexity index is 462. The van der Waals surface area contributed by atoms with Crippen LogP contribution in [0.15, 0.2) is 29.1 Å². The topological polar surface area (TPSA) is 55.6 Å². The molecule has 2 heterocycles. The molecule has 0 aromatic carbocycles. The molecule has 0 amide bonds. The van der Waals surface area contributed by atoms with E-state index in [1.54, 1.807) is 18.6 Å². The molecule has 1 N–H and O–H groups in total. The monoisotopic (exact) mass is 295 g/mol. The van der Waals surface area contributed by atoms with Gasteiger partial charge in [-0.25, -0.2) is 0 Å². The highest BCUT2D eigenvalue weighted by atomic mass is 79.9. The smallest absolute Gasteiger partial charge is 0.0775 e. The molecule has 0 aliphatic heterocycles. The van der Waals surface area contributed by atoms with Gasteiger partial charge in [0.1, 0.15) is 0 Å². The first-order valence-corrected chi connectivity index (χ1v) is 6.20. The average molecular weight is 296 g/mol. The molecule has 0 saturated heterocycles. The first kappa shape index (κ1) is 12.2. The summed E-state index contributed by atoms with van der Waals surface area (Å²) >= 11 is 3.53. The standard InChI is InChI=1S/C11H14BrN5/c1-3-13-10(8-4-5-14-15-6-8)11-9(12)7-16-17(11)2/h4-7,10,13H,3H2,1-2H3. The van der Waals surface area contributed by atoms with Gasteiger partial charge in [-0.1, -0.05) is 6.92 Å². The second-order valence-electron chi connectivity index (χ2n) is 3.67. The van der Waals surface area contributed by atoms with E-state index in [0.29, 0.717) is 0 Å². The van der Waals surface area contributed by atoms with E-state index >= 15 is 0 Å². The summed E-state index contributed by atoms with van der Waals surface area (Å²) in [4.78, 5) is 0. The SMILES string of the molecule is CCNC(c1ccnnc1)c1c(Br)cnn1C. The maximum atomic E-state index is 4.24. The molecule has 5 nitrogen and oxygen atoms in total. The maximum Gasteiger partial charge on any atom is 0.0775 e. The van der Waals surface area contributed by atoms with E-state index in [2.05, 4.69) is 43.5 Å². The van der Waals surface area contributed by atoms with Crippen molar-refractivity contribution in [3.63, 3.8) is 0 Å². The summed E-state index contributed by atoms with van der Waals surface area (Å²) in [7, 11) is 1.93. The van der Waals surface area contributed by atoms with E-state index in [0.717, 1.165) is 22.3 Å². The number of hydrogen-bond donors (Lipinski definition) is 1. The van der Waals surface area contributed by atoms with E-state index < -0.39 is 0 Å². The Labute approximate surface area is 108 Å². The number of hydrogen-bond acceptors (Lipinski definition) is 4. The first-order valence-electron chi connectivity index (χ1n) is 5.41. The second kappa shape index (κ2) is 5.37. The molecule has 0 bridgehead atoms. The Balaban J connectivity index is 2.43. The molecule has 1 unspecified atom stereocenters. The zero-order valence-corrected chi connectivity index (χ0v) is 11.3. The molecule has 2 aromatic rings. The van der Waals surface area contributed by atoms with Gasteiger partial charge >= 0.3 is 0 Å². The van der Waals surface area contributed by atoms with E-state index in [4.69, 9.17) is 0 Å². The minimum Gasteiger partial charge on any atom is -0.305 e. The van der Waals surface area contributed by atoms with Gasteiger partial charge < -0.3 is 5.32 Å². The van der Waals surface area contributed by atoms with Crippen LogP contribution in [0.5, 0.6) is 0 Å². The van der Waals surface area contributed by atoms with Crippen LogP contribution in [0.1, 0.15) is 24.2 Å². The van der Waals surface area contributed by atoms with Crippen LogP contribution in [0.2, 0.25) is 0 Å². The summed E-state index contributed by atoms with van der Waals surface area (Å²) in [6.07, 6.45) is 5.27. The van der Waals surface area contributed by atoms with E-state index in [1.165, 1.54) is 0 Å². The molecule has 0 aliphatic carbocycles. The third kappa shape index (κ3) is 2.53. The zero-order chi connectivity index (χ0) is 12.3. The van der Waals surface area contributed by atoms with Crippen LogP contribution in [-0.2, 0) is 7.05 Å². The van der Waals surface area contributed by atoms with Crippen LogP contribution in [0.25, 0.3) is 0 Å². The van der Waals surface area contributed by atoms with E-state index in [-0.39, 0.29) is 6.04 Å². The van der Waals surface area contributed by atoms with E-state index in [1.807, 2.05) is 17.8 Å². The molecule has 2 aromatic heterocycles. The van der Waals surface area contributed by atoms with E-state index in [9.17, 15) is 0 Å². The van der Waals surface area contributed by atoms with Crippen molar-refractivity contribution in [1.82, 2.24) is 25.3 Å². The first-order chi connectivity index (χ1) is 8.24. The fraction of sp³-hybridized carbons (Fsp3) is 0.364. The van der Waals surface area contributed by atoms with Crippen LogP contribution in [0, 0.1) is 0 Å². The van der Waals surface area contributed by atoms with Crippen LogP contribution >= 0.6 is 15.9 Å². The lowest BCUT2D eigenvalue weighted by Gasteiger charge is -2.18. The molecule has 1 atom stereocenters. The van der Waals surface area contributed by atoms with Crippen molar-refractivity contribution < 1.29 is 0 Å². The quantitative estimate of drug-likeness (QED) is 0.932. The Kier molecular flexibility index (Phi) is 3.86. The van der Waals surface area contributed by atoms with Gasteiger partial charge in [0.2, 0.25) is 0 Å². The number of aromatic nitrogens is 4. The highest BCUT2D eigenvalue weighted by Gasteiger charge is 2.19. The predicted octanol–water partition coefficient (Wildman–Crippen LogP) is 1.67. The average Bonchev–Trinajstić information content (AvgIpc) is 2.68. The molecule has 0 radical (unpaired) electrons. The number of halogens is 1. The van der Waals surface area contributed by atoms with Gasteiger partial charge in [-0.05, 0) is 34.1 Å². The van der Waals surface area contributed by atoms with Gasteiger partial charge in [-0.15, -0.1) is 0 Å². The number of nitrogens with one attached hydrogen (secondary N) is 1. The summed E-state index contributed by atoms with van der Waals surface area (Å²) in [5.41, 5.74) is 2.16. The van der Waals surface area contributed by atoms with Crippen molar-refractivity contribution in [1.29, 1.82) is 0 Å². The maximum absolute atomic E-state index is 4.24. The molecular weight excluding hydrogens is 282 g/mol. The minimum atomic E-state index is 0.0670. The van der Waals surface area contributed by atoms with Gasteiger partial charge in [0.05, 0.1) is 28.6 Å². The van der Waals surface area contributed by atoms with Gasteiger partial charge in [0, 0.05) is 13.2 Å². The highest BCUT2D eigenvalue weighted by molar-refractivity contribution is 9.10. The lowest BCUT2D eigenvalue weighted by Crippen LogP contribution is -2.24. The summed E-state index contributed by atoms with van der Waals surface area (Å²) in [6, 6.07) is 2.03. The van der Waals surface area contributed by atoms with Gasteiger partial charge in [-0.2, -0.15) is 15.3 Å². The molecule has 90 valence electrons. The molecule has 0 aliphatic rings. The summed E-state index contributed by atoms with van der Waals surface area (Å²) in [5, 5.41) is 15.4. The number of rotatable bonds is 4. The third-order valence-electron chi connectivity index (χ3n) is 2.56. The van der Waals surface area contributed by atoms with Gasteiger partial charge in [-0.3, -0.25) is 4.68 Å². The Hall–Kier alpha value is -1.27. The van der Waals surface area contributed by atoms with Crippen LogP contribution in [0.4, 0.5) is 0 Å². The predicted molar refractivity (Wildman–Crippen MR) is 68.5 cm³/mol. The van der Waals surface area contributed by atoms with Crippen LogP contribution < -0.4 is 5.32 Å². The molecule has 17 heavy (non-hydrogen) atoms. The van der Waals surface area contributed by atoms with Gasteiger partial charge in [0.15, 0.2) is 0 Å². The lowest BCUT2D eigenvalue weighted by atomic mass is 10.1. The van der Waals surface area contributed by atoms with Crippen LogP contribution in [0.3, 0.4) is 0 Å². The van der Waals surface area contributed by atoms with Crippen molar-refractivity contribution >= 4 is 15.9 Å². The third-order valence-corrected chi connectivity index (χ3v) is 3.17. The highest BCUT2D eigenvalue weighted by Crippen LogP contribution is 2.27. The van der Waals surface area contributed by atoms with Crippen molar-refractivity contribution in [2.75, 3.05) is 6.54 Å². The minimum absolute atomic E-state index is 0.0670. The largest absolute Gasteiger partial charge is 0.305 e. The number of nitrogens with zero attached hydrogens (tertiary/aromatic N) is 4. The Morgan fingerprint density at radius 1 is 1.41 bits per heavy atom. The molecule has 6 heteroatoms. The Morgan fingerprint density at radius 2 is 2.24 bits per heavy atom. The van der Waals surface area contributed by atoms with Crippen molar-refractivity contribution in [3.8, 4) is 0 Å². The molecule has 0 spiro atoms. The number of aryl methyl sites for hydroxylation is 1. The van der Waals surface area contributed by atoms with Crippen LogP contribution in [-0.4, -0.2) is 26.5 Å². The second-order valence-corrected chi connectivity index (χ2v) is 4.52. The normalized spacial score (nSPS) is 12.6. The molecular formula is C11H14BrN5. The molecule has 2 rings (SSSR count). The summed E-state index contributed by atoms with van der Waals surface area (Å²) < 4.78 is 2.85. The lowest BCUT2D eigenvalue weighted by molar-refractivity contribution is 0.568. The summed E-state index contributed by atoms with van der Waals surface area (Å²) in [6.45, 7) is 2.94. The van der Waals surface area contributed by atoms with Gasteiger partial charge in [0.25, 0.3) is 0 Å². The Morgan fingerprint density at radius 3 is 2.76 bits per heavy atom. The van der Waals surface area contributed by atoms with Crippen molar-refractivity contribution in [2.24, 2.45) is 7.05 Å². The molecule has 0 fully saturated rings. The fourth-order valence-electron chi connectivity index (χ4n) is 1.79.